The van der Waals surface area contributed by atoms with E-state index in [0.29, 0.717) is 16.7 Å². The smallest absolute Gasteiger partial charge is 0.456 e. The molecule has 0 radical (unpaired) electrons. The van der Waals surface area contributed by atoms with Crippen molar-refractivity contribution in [1.82, 2.24) is 10.2 Å². The summed E-state index contributed by atoms with van der Waals surface area (Å²) in [6.45, 7) is -0.731. The fourth-order valence-corrected chi connectivity index (χ4v) is 7.54. The summed E-state index contributed by atoms with van der Waals surface area (Å²) >= 11 is 1.76. The molecule has 2 amide bonds. The first-order chi connectivity index (χ1) is 26.5. The Hall–Kier alpha value is -6.57. The predicted molar refractivity (Wildman–Crippen MR) is 192 cm³/mol. The van der Waals surface area contributed by atoms with Crippen molar-refractivity contribution in [3.63, 3.8) is 0 Å². The van der Waals surface area contributed by atoms with Crippen LogP contribution in [0.4, 0.5) is 21.0 Å². The molecule has 0 bridgehead atoms. The number of hydrogen-bond acceptors (Lipinski definition) is 15. The van der Waals surface area contributed by atoms with E-state index in [1.54, 1.807) is 30.3 Å². The third-order valence-corrected chi connectivity index (χ3v) is 10.3. The van der Waals surface area contributed by atoms with Gasteiger partial charge in [0.25, 0.3) is 11.4 Å². The number of esters is 1. The summed E-state index contributed by atoms with van der Waals surface area (Å²) in [5, 5.41) is 23.0. The lowest BCUT2D eigenvalue weighted by Gasteiger charge is -2.49. The largest absolute Gasteiger partial charge is 0.509 e. The van der Waals surface area contributed by atoms with Gasteiger partial charge in [0.05, 0.1) is 9.85 Å². The van der Waals surface area contributed by atoms with Gasteiger partial charge in [0, 0.05) is 36.6 Å². The van der Waals surface area contributed by atoms with Crippen molar-refractivity contribution in [3.8, 4) is 0 Å². The van der Waals surface area contributed by atoms with Gasteiger partial charge < -0.3 is 29.8 Å². The highest BCUT2D eigenvalue weighted by atomic mass is 32.2. The number of alkyl carbamates (subject to hydrolysis) is 1. The molecule has 0 aliphatic carbocycles. The Morgan fingerprint density at radius 3 is 2.02 bits per heavy atom. The van der Waals surface area contributed by atoms with Gasteiger partial charge in [-0.3, -0.25) is 34.7 Å². The van der Waals surface area contributed by atoms with Crippen LogP contribution in [0.2, 0.25) is 0 Å². The summed E-state index contributed by atoms with van der Waals surface area (Å²) in [4.78, 5) is 89.2. The molecule has 3 aromatic rings. The predicted octanol–water partition coefficient (Wildman–Crippen LogP) is 4.50. The number of rotatable bonds is 16. The maximum Gasteiger partial charge on any atom is 0.509 e. The molecule has 2 aliphatic rings. The Balaban J connectivity index is 1.25. The highest BCUT2D eigenvalue weighted by Crippen LogP contribution is 2.48. The van der Waals surface area contributed by atoms with Crippen molar-refractivity contribution in [3.05, 3.63) is 132 Å². The minimum atomic E-state index is -1.68. The number of nitro benzene ring substituents is 2. The second-order valence-corrected chi connectivity index (χ2v) is 13.6. The lowest BCUT2D eigenvalue weighted by molar-refractivity contribution is -0.385. The number of nitrogens with one attached hydrogen (secondary N) is 1. The molecule has 1 N–H and O–H groups in total. The number of carbonyl (C=O) groups is 5. The maximum absolute atomic E-state index is 13.6. The SMILES string of the molecule is [N-]=[N+]=C1S[C@H]2[C@@H](C(C=O)OC(=O)OCc3ccc([N+](=O)[O-])cc3)C(=O)N2C(C(=O)OCc2ccccc2)=C1SCCNC(=O)OCc1ccc([N+](=O)[O-])cc1. The van der Waals surface area contributed by atoms with Gasteiger partial charge in [0.1, 0.15) is 36.0 Å². The molecule has 21 heteroatoms. The third-order valence-electron chi connectivity index (χ3n) is 7.82. The van der Waals surface area contributed by atoms with Crippen LogP contribution in [0.5, 0.6) is 0 Å². The van der Waals surface area contributed by atoms with Crippen LogP contribution in [-0.4, -0.2) is 78.8 Å². The van der Waals surface area contributed by atoms with E-state index in [-0.39, 0.29) is 65.4 Å². The minimum absolute atomic E-state index is 0.0218. The normalized spacial score (nSPS) is 16.4. The Kier molecular flexibility index (Phi) is 13.3. The number of aldehydes is 1. The molecular weight excluding hydrogens is 765 g/mol. The van der Waals surface area contributed by atoms with Crippen molar-refractivity contribution in [2.75, 3.05) is 12.3 Å². The lowest BCUT2D eigenvalue weighted by Crippen LogP contribution is -2.66. The highest BCUT2D eigenvalue weighted by Gasteiger charge is 2.61. The van der Waals surface area contributed by atoms with E-state index in [1.807, 2.05) is 0 Å². The number of benzene rings is 3. The van der Waals surface area contributed by atoms with E-state index in [2.05, 4.69) is 10.1 Å². The average molecular weight is 793 g/mol. The molecule has 55 heavy (non-hydrogen) atoms. The van der Waals surface area contributed by atoms with E-state index in [0.717, 1.165) is 28.4 Å². The summed E-state index contributed by atoms with van der Waals surface area (Å²) in [5.41, 5.74) is 10.9. The van der Waals surface area contributed by atoms with E-state index in [9.17, 15) is 49.7 Å². The van der Waals surface area contributed by atoms with Crippen LogP contribution in [0.3, 0.4) is 0 Å². The molecule has 2 heterocycles. The van der Waals surface area contributed by atoms with Crippen LogP contribution in [-0.2, 0) is 53.2 Å². The van der Waals surface area contributed by atoms with E-state index in [4.69, 9.17) is 18.9 Å². The molecule has 1 unspecified atom stereocenters. The van der Waals surface area contributed by atoms with E-state index in [1.165, 1.54) is 48.5 Å². The molecule has 2 aliphatic heterocycles. The summed E-state index contributed by atoms with van der Waals surface area (Å²) < 4.78 is 20.8. The molecule has 0 aromatic heterocycles. The Bertz CT molecular complexity index is 2060. The highest BCUT2D eigenvalue weighted by molar-refractivity contribution is 8.18. The van der Waals surface area contributed by atoms with Crippen molar-refractivity contribution in [1.29, 1.82) is 0 Å². The maximum atomic E-state index is 13.6. The summed E-state index contributed by atoms with van der Waals surface area (Å²) in [7, 11) is 0. The zero-order valence-electron chi connectivity index (χ0n) is 28.2. The third kappa shape index (κ3) is 9.90. The van der Waals surface area contributed by atoms with Gasteiger partial charge in [-0.05, 0) is 52.7 Å². The molecular formula is C34H28N6O13S2. The monoisotopic (exact) mass is 792 g/mol. The number of ether oxygens (including phenoxy) is 4. The van der Waals surface area contributed by atoms with Crippen LogP contribution >= 0.6 is 23.5 Å². The first kappa shape index (κ1) is 39.6. The van der Waals surface area contributed by atoms with Crippen LogP contribution < -0.4 is 5.32 Å². The second-order valence-electron chi connectivity index (χ2n) is 11.3. The molecule has 3 aromatic carbocycles. The first-order valence-corrected chi connectivity index (χ1v) is 17.8. The van der Waals surface area contributed by atoms with E-state index < -0.39 is 51.4 Å². The summed E-state index contributed by atoms with van der Waals surface area (Å²) in [5.74, 6) is -3.01. The van der Waals surface area contributed by atoms with Crippen molar-refractivity contribution in [2.24, 2.45) is 5.92 Å². The molecule has 19 nitrogen and oxygen atoms in total. The molecule has 0 saturated carbocycles. The van der Waals surface area contributed by atoms with Crippen LogP contribution in [0, 0.1) is 26.1 Å². The molecule has 5 rings (SSSR count). The van der Waals surface area contributed by atoms with Gasteiger partial charge in [-0.25, -0.2) is 14.4 Å². The number of β-lactam (4-membered cyclic amide) rings is 1. The average Bonchev–Trinajstić information content (AvgIpc) is 3.19. The van der Waals surface area contributed by atoms with Gasteiger partial charge >= 0.3 is 23.3 Å². The summed E-state index contributed by atoms with van der Waals surface area (Å²) in [6, 6.07) is 19.2. The fraction of sp³-hybridized carbons (Fsp3) is 0.235. The topological polar surface area (TPSA) is 260 Å². The number of thioether (sulfide) groups is 2. The number of nitro groups is 2. The molecule has 284 valence electrons. The Morgan fingerprint density at radius 2 is 1.45 bits per heavy atom. The van der Waals surface area contributed by atoms with Crippen LogP contribution in [0.15, 0.2) is 89.5 Å². The lowest BCUT2D eigenvalue weighted by atomic mass is 9.91. The molecule has 1 fully saturated rings. The van der Waals surface area contributed by atoms with Crippen molar-refractivity contribution >= 4 is 70.4 Å². The molecule has 1 saturated heterocycles. The van der Waals surface area contributed by atoms with Crippen LogP contribution in [0.1, 0.15) is 16.7 Å². The number of hydrogen-bond donors (Lipinski definition) is 1. The zero-order chi connectivity index (χ0) is 39.5. The van der Waals surface area contributed by atoms with Crippen molar-refractivity contribution in [2.45, 2.75) is 31.3 Å². The summed E-state index contributed by atoms with van der Waals surface area (Å²) in [6.07, 6.45) is -3.58. The number of fused-ring (bicyclic) bond motifs is 1. The second kappa shape index (κ2) is 18.5. The first-order valence-electron chi connectivity index (χ1n) is 16.0. The van der Waals surface area contributed by atoms with Crippen LogP contribution in [0.25, 0.3) is 5.53 Å². The Labute approximate surface area is 318 Å². The number of amides is 2. The number of carbonyl (C=O) groups excluding carboxylic acids is 5. The molecule has 0 spiro atoms. The standard InChI is InChI=1S/C34H28N6O13S2/c35-37-29-28(54-15-14-36-33(44)51-18-21-6-10-23(11-7-21)39(46)47)27(32(43)50-17-20-4-2-1-3-5-20)38-30(42)26(31(38)55-29)25(16-41)53-34(45)52-19-22-8-12-24(13-9-22)40(48)49/h1-13,16,25-26,31H,14-15,17-19H2,(H,36,44)/t25?,26-,31-/m0/s1. The number of non-ortho nitro benzene ring substituents is 2. The molecule has 3 atom stereocenters. The Morgan fingerprint density at radius 1 is 0.891 bits per heavy atom. The quantitative estimate of drug-likeness (QED) is 0.0241. The van der Waals surface area contributed by atoms with E-state index >= 15 is 0 Å². The van der Waals surface area contributed by atoms with Crippen molar-refractivity contribution < 1.29 is 57.6 Å². The van der Waals surface area contributed by atoms with Gasteiger partial charge in [-0.2, -0.15) is 4.79 Å². The van der Waals surface area contributed by atoms with Gasteiger partial charge in [-0.15, -0.1) is 11.8 Å². The number of nitrogens with zero attached hydrogens (tertiary/aromatic N) is 5. The van der Waals surface area contributed by atoms with Gasteiger partial charge in [-0.1, -0.05) is 30.3 Å². The minimum Gasteiger partial charge on any atom is -0.456 e. The zero-order valence-corrected chi connectivity index (χ0v) is 29.8. The van der Waals surface area contributed by atoms with Gasteiger partial charge in [0.15, 0.2) is 18.1 Å². The van der Waals surface area contributed by atoms with Gasteiger partial charge in [0.2, 0.25) is 5.91 Å². The fourth-order valence-electron chi connectivity index (χ4n) is 5.12.